The molecule has 6 nitrogen and oxygen atoms in total. The quantitative estimate of drug-likeness (QED) is 0.269. The zero-order valence-corrected chi connectivity index (χ0v) is 21.7. The van der Waals surface area contributed by atoms with Crippen LogP contribution in [-0.2, 0) is 22.5 Å². The molecule has 0 aliphatic rings. The van der Waals surface area contributed by atoms with Crippen LogP contribution in [0.15, 0.2) is 89.8 Å². The van der Waals surface area contributed by atoms with E-state index in [9.17, 15) is 9.90 Å². The fourth-order valence-electron chi connectivity index (χ4n) is 3.87. The van der Waals surface area contributed by atoms with Gasteiger partial charge >= 0.3 is 0 Å². The summed E-state index contributed by atoms with van der Waals surface area (Å²) in [6, 6.07) is 27.3. The number of nitrogens with one attached hydrogen (secondary N) is 2. The van der Waals surface area contributed by atoms with Crippen molar-refractivity contribution in [1.29, 1.82) is 0 Å². The van der Waals surface area contributed by atoms with Crippen molar-refractivity contribution in [2.75, 3.05) is 26.5 Å². The van der Waals surface area contributed by atoms with Gasteiger partial charge in [0.2, 0.25) is 5.91 Å². The molecule has 0 saturated heterocycles. The van der Waals surface area contributed by atoms with Crippen LogP contribution in [0.3, 0.4) is 0 Å². The molecule has 0 spiro atoms. The van der Waals surface area contributed by atoms with E-state index in [1.165, 1.54) is 0 Å². The predicted molar refractivity (Wildman–Crippen MR) is 145 cm³/mol. The van der Waals surface area contributed by atoms with E-state index in [4.69, 9.17) is 9.47 Å². The van der Waals surface area contributed by atoms with Crippen LogP contribution in [-0.4, -0.2) is 55.8 Å². The molecule has 0 saturated carbocycles. The maximum Gasteiger partial charge on any atom is 0.249 e. The predicted octanol–water partition coefficient (Wildman–Crippen LogP) is 4.07. The summed E-state index contributed by atoms with van der Waals surface area (Å²) in [6.45, 7) is 0.911. The van der Waals surface area contributed by atoms with Gasteiger partial charge in [-0.3, -0.25) is 4.79 Å². The zero-order valence-electron chi connectivity index (χ0n) is 20.9. The van der Waals surface area contributed by atoms with Crippen LogP contribution in [0.1, 0.15) is 17.5 Å². The van der Waals surface area contributed by atoms with E-state index < -0.39 is 18.2 Å². The van der Waals surface area contributed by atoms with Crippen LogP contribution in [0.2, 0.25) is 0 Å². The lowest BCUT2D eigenvalue weighted by atomic mass is 10.0. The number of ether oxygens (including phenoxy) is 2. The van der Waals surface area contributed by atoms with Gasteiger partial charge in [0, 0.05) is 30.8 Å². The molecule has 1 amide bonds. The van der Waals surface area contributed by atoms with Crippen molar-refractivity contribution in [3.05, 3.63) is 96.1 Å². The van der Waals surface area contributed by atoms with E-state index in [1.807, 2.05) is 72.8 Å². The fourth-order valence-corrected chi connectivity index (χ4v) is 4.79. The van der Waals surface area contributed by atoms with Gasteiger partial charge < -0.3 is 25.2 Å². The van der Waals surface area contributed by atoms with E-state index in [1.54, 1.807) is 26.0 Å². The smallest absolute Gasteiger partial charge is 0.249 e. The Morgan fingerprint density at radius 3 is 2.33 bits per heavy atom. The number of hydrogen-bond acceptors (Lipinski definition) is 6. The Kier molecular flexibility index (Phi) is 11.8. The largest absolute Gasteiger partial charge is 0.497 e. The molecule has 0 aliphatic carbocycles. The normalized spacial score (nSPS) is 13.5. The first kappa shape index (κ1) is 27.7. The first-order valence-electron chi connectivity index (χ1n) is 12.2. The number of thioether (sulfide) groups is 1. The highest BCUT2D eigenvalue weighted by Crippen LogP contribution is 2.19. The molecule has 3 N–H and O–H groups in total. The minimum Gasteiger partial charge on any atom is -0.497 e. The molecular weight excluding hydrogens is 472 g/mol. The highest BCUT2D eigenvalue weighted by atomic mass is 32.2. The lowest BCUT2D eigenvalue weighted by molar-refractivity contribution is -0.132. The van der Waals surface area contributed by atoms with Crippen molar-refractivity contribution in [3.63, 3.8) is 0 Å². The molecule has 0 aliphatic heterocycles. The van der Waals surface area contributed by atoms with Gasteiger partial charge in [0.05, 0.1) is 19.3 Å². The van der Waals surface area contributed by atoms with E-state index in [0.717, 1.165) is 27.5 Å². The first-order chi connectivity index (χ1) is 17.6. The maximum absolute atomic E-state index is 13.1. The van der Waals surface area contributed by atoms with E-state index in [2.05, 4.69) is 22.8 Å². The molecular formula is C29H36N2O4S. The van der Waals surface area contributed by atoms with Crippen LogP contribution >= 0.6 is 11.8 Å². The Morgan fingerprint density at radius 2 is 1.64 bits per heavy atom. The molecule has 0 heterocycles. The van der Waals surface area contributed by atoms with Crippen molar-refractivity contribution < 1.29 is 19.4 Å². The van der Waals surface area contributed by atoms with Crippen molar-refractivity contribution in [1.82, 2.24) is 10.6 Å². The highest BCUT2D eigenvalue weighted by Gasteiger charge is 2.26. The number of methoxy groups -OCH3 is 2. The van der Waals surface area contributed by atoms with Gasteiger partial charge in [0.25, 0.3) is 0 Å². The number of aliphatic hydroxyl groups is 1. The summed E-state index contributed by atoms with van der Waals surface area (Å²) in [6.07, 6.45) is -0.277. The van der Waals surface area contributed by atoms with Crippen LogP contribution in [0.4, 0.5) is 0 Å². The summed E-state index contributed by atoms with van der Waals surface area (Å²) in [5, 5.41) is 17.4. The standard InChI is InChI=1S/C29H36N2O4S/c1-34-24-13-9-12-23(18-24)20-30-21-27(32)26(19-22-10-5-3-6-11-22)31-29(33)28(35-2)16-17-36-25-14-7-4-8-15-25/h3-15,18,26-28,30,32H,16-17,19-21H2,1-2H3,(H,31,33). The minimum absolute atomic E-state index is 0.209. The van der Waals surface area contributed by atoms with Gasteiger partial charge in [-0.15, -0.1) is 11.8 Å². The van der Waals surface area contributed by atoms with Crippen LogP contribution < -0.4 is 15.4 Å². The van der Waals surface area contributed by atoms with E-state index in [0.29, 0.717) is 25.9 Å². The highest BCUT2D eigenvalue weighted by molar-refractivity contribution is 7.99. The Bertz CT molecular complexity index is 1040. The number of rotatable bonds is 15. The summed E-state index contributed by atoms with van der Waals surface area (Å²) in [5.74, 6) is 1.34. The number of benzene rings is 3. The number of amides is 1. The zero-order chi connectivity index (χ0) is 25.6. The van der Waals surface area contributed by atoms with Gasteiger partial charge in [0.15, 0.2) is 0 Å². The Hall–Kier alpha value is -2.84. The molecule has 3 aromatic carbocycles. The van der Waals surface area contributed by atoms with Crippen LogP contribution in [0.25, 0.3) is 0 Å². The average Bonchev–Trinajstić information content (AvgIpc) is 2.92. The number of aliphatic hydroxyl groups excluding tert-OH is 1. The van der Waals surface area contributed by atoms with E-state index in [-0.39, 0.29) is 5.91 Å². The lowest BCUT2D eigenvalue weighted by Gasteiger charge is -2.27. The Labute approximate surface area is 218 Å². The molecule has 3 atom stereocenters. The molecule has 3 aromatic rings. The van der Waals surface area contributed by atoms with Crippen molar-refractivity contribution in [3.8, 4) is 5.75 Å². The molecule has 0 fully saturated rings. The van der Waals surface area contributed by atoms with Crippen LogP contribution in [0.5, 0.6) is 5.75 Å². The van der Waals surface area contributed by atoms with Gasteiger partial charge in [-0.25, -0.2) is 0 Å². The van der Waals surface area contributed by atoms with Gasteiger partial charge in [-0.05, 0) is 48.2 Å². The third-order valence-corrected chi connectivity index (χ3v) is 6.92. The topological polar surface area (TPSA) is 79.8 Å². The monoisotopic (exact) mass is 508 g/mol. The number of carbonyl (C=O) groups excluding carboxylic acids is 1. The van der Waals surface area contributed by atoms with Gasteiger partial charge in [-0.1, -0.05) is 60.7 Å². The van der Waals surface area contributed by atoms with Crippen molar-refractivity contribution in [2.24, 2.45) is 0 Å². The number of hydrogen-bond donors (Lipinski definition) is 3. The summed E-state index contributed by atoms with van der Waals surface area (Å²) >= 11 is 1.69. The molecule has 192 valence electrons. The summed E-state index contributed by atoms with van der Waals surface area (Å²) in [5.41, 5.74) is 2.10. The summed E-state index contributed by atoms with van der Waals surface area (Å²) in [4.78, 5) is 14.3. The fraction of sp³-hybridized carbons (Fsp3) is 0.345. The van der Waals surface area contributed by atoms with Crippen LogP contribution in [0, 0.1) is 0 Å². The summed E-state index contributed by atoms with van der Waals surface area (Å²) < 4.78 is 10.8. The second kappa shape index (κ2) is 15.3. The van der Waals surface area contributed by atoms with Crippen molar-refractivity contribution >= 4 is 17.7 Å². The van der Waals surface area contributed by atoms with Gasteiger partial charge in [-0.2, -0.15) is 0 Å². The summed E-state index contributed by atoms with van der Waals surface area (Å²) in [7, 11) is 3.19. The molecule has 7 heteroatoms. The average molecular weight is 509 g/mol. The lowest BCUT2D eigenvalue weighted by Crippen LogP contribution is -2.51. The Balaban J connectivity index is 1.57. The van der Waals surface area contributed by atoms with Crippen molar-refractivity contribution in [2.45, 2.75) is 42.5 Å². The number of carbonyl (C=O) groups is 1. The Morgan fingerprint density at radius 1 is 0.944 bits per heavy atom. The minimum atomic E-state index is -0.782. The molecule has 0 bridgehead atoms. The third-order valence-electron chi connectivity index (χ3n) is 5.88. The second-order valence-electron chi connectivity index (χ2n) is 8.53. The molecule has 3 rings (SSSR count). The van der Waals surface area contributed by atoms with E-state index >= 15 is 0 Å². The maximum atomic E-state index is 13.1. The SMILES string of the molecule is COc1cccc(CNCC(O)C(Cc2ccccc2)NC(=O)C(CCSc2ccccc2)OC)c1. The molecule has 3 unspecified atom stereocenters. The van der Waals surface area contributed by atoms with Gasteiger partial charge in [0.1, 0.15) is 11.9 Å². The molecule has 0 radical (unpaired) electrons. The first-order valence-corrected chi connectivity index (χ1v) is 13.1. The molecule has 0 aromatic heterocycles. The molecule has 36 heavy (non-hydrogen) atoms. The third kappa shape index (κ3) is 9.32. The second-order valence-corrected chi connectivity index (χ2v) is 9.70.